The molecule has 5 nitrogen and oxygen atoms in total. The number of aryl methyl sites for hydroxylation is 1. The molecule has 1 aliphatic carbocycles. The predicted molar refractivity (Wildman–Crippen MR) is 102 cm³/mol. The quantitative estimate of drug-likeness (QED) is 0.868. The number of aromatic amines is 1. The summed E-state index contributed by atoms with van der Waals surface area (Å²) in [5.41, 5.74) is 3.60. The molecule has 0 unspecified atom stereocenters. The average molecular weight is 353 g/mol. The molecule has 1 atom stereocenters. The third-order valence-electron chi connectivity index (χ3n) is 5.86. The summed E-state index contributed by atoms with van der Waals surface area (Å²) in [4.78, 5) is 29.9. The van der Waals surface area contributed by atoms with E-state index in [-0.39, 0.29) is 17.7 Å². The van der Waals surface area contributed by atoms with Crippen molar-refractivity contribution < 1.29 is 9.59 Å². The van der Waals surface area contributed by atoms with Crippen molar-refractivity contribution in [3.63, 3.8) is 0 Å². The van der Waals surface area contributed by atoms with Crippen LogP contribution in [-0.4, -0.2) is 40.8 Å². The molecule has 5 heteroatoms. The zero-order valence-corrected chi connectivity index (χ0v) is 15.4. The fraction of sp³-hybridized carbons (Fsp3) is 0.524. The van der Waals surface area contributed by atoms with Gasteiger partial charge in [0.15, 0.2) is 0 Å². The highest BCUT2D eigenvalue weighted by Gasteiger charge is 2.35. The molecule has 0 radical (unpaired) electrons. The summed E-state index contributed by atoms with van der Waals surface area (Å²) < 4.78 is 0. The number of nitrogens with one attached hydrogen (secondary N) is 2. The van der Waals surface area contributed by atoms with Crippen molar-refractivity contribution >= 4 is 22.7 Å². The Balaban J connectivity index is 1.35. The first-order valence-electron chi connectivity index (χ1n) is 9.75. The Morgan fingerprint density at radius 1 is 1.31 bits per heavy atom. The van der Waals surface area contributed by atoms with Crippen LogP contribution in [0.25, 0.3) is 10.9 Å². The summed E-state index contributed by atoms with van der Waals surface area (Å²) in [6.07, 6.45) is 7.76. The van der Waals surface area contributed by atoms with Gasteiger partial charge in [-0.05, 0) is 43.9 Å². The maximum absolute atomic E-state index is 12.4. The van der Waals surface area contributed by atoms with Crippen LogP contribution in [0.1, 0.15) is 43.2 Å². The van der Waals surface area contributed by atoms with E-state index in [0.717, 1.165) is 24.8 Å². The monoisotopic (exact) mass is 353 g/mol. The third kappa shape index (κ3) is 3.48. The van der Waals surface area contributed by atoms with Crippen LogP contribution in [0.5, 0.6) is 0 Å². The number of rotatable bonds is 5. The van der Waals surface area contributed by atoms with Gasteiger partial charge in [0, 0.05) is 42.7 Å². The van der Waals surface area contributed by atoms with E-state index in [1.807, 2.05) is 11.1 Å². The lowest BCUT2D eigenvalue weighted by atomic mass is 10.1. The first kappa shape index (κ1) is 17.1. The van der Waals surface area contributed by atoms with Crippen LogP contribution in [0.3, 0.4) is 0 Å². The number of likely N-dealkylation sites (tertiary alicyclic amines) is 1. The first-order valence-corrected chi connectivity index (χ1v) is 9.75. The van der Waals surface area contributed by atoms with Crippen LogP contribution >= 0.6 is 0 Å². The second kappa shape index (κ2) is 7.14. The summed E-state index contributed by atoms with van der Waals surface area (Å²) in [5, 5.41) is 4.37. The SMILES string of the molecule is Cc1ccc2[nH]cc(CCN3C[C@@H](C(=O)NC4CCCC4)CC3=O)c2c1. The van der Waals surface area contributed by atoms with Crippen molar-refractivity contribution in [2.45, 2.75) is 51.5 Å². The number of carbonyl (C=O) groups excluding carboxylic acids is 2. The van der Waals surface area contributed by atoms with Crippen LogP contribution in [0, 0.1) is 12.8 Å². The number of carbonyl (C=O) groups is 2. The maximum Gasteiger partial charge on any atom is 0.225 e. The number of H-pyrrole nitrogens is 1. The second-order valence-electron chi connectivity index (χ2n) is 7.84. The van der Waals surface area contributed by atoms with Gasteiger partial charge in [-0.15, -0.1) is 0 Å². The van der Waals surface area contributed by atoms with Crippen molar-refractivity contribution in [1.82, 2.24) is 15.2 Å². The zero-order valence-electron chi connectivity index (χ0n) is 15.4. The van der Waals surface area contributed by atoms with E-state index < -0.39 is 0 Å². The minimum atomic E-state index is -0.187. The largest absolute Gasteiger partial charge is 0.361 e. The summed E-state index contributed by atoms with van der Waals surface area (Å²) in [7, 11) is 0. The maximum atomic E-state index is 12.4. The Kier molecular flexibility index (Phi) is 4.70. The van der Waals surface area contributed by atoms with Crippen LogP contribution < -0.4 is 5.32 Å². The van der Waals surface area contributed by atoms with Gasteiger partial charge < -0.3 is 15.2 Å². The topological polar surface area (TPSA) is 65.2 Å². The average Bonchev–Trinajstić information content (AvgIpc) is 3.33. The predicted octanol–water partition coefficient (Wildman–Crippen LogP) is 2.93. The minimum Gasteiger partial charge on any atom is -0.361 e. The smallest absolute Gasteiger partial charge is 0.225 e. The van der Waals surface area contributed by atoms with Gasteiger partial charge in [0.1, 0.15) is 0 Å². The Hall–Kier alpha value is -2.30. The minimum absolute atomic E-state index is 0.0652. The first-order chi connectivity index (χ1) is 12.6. The number of hydrogen-bond donors (Lipinski definition) is 2. The van der Waals surface area contributed by atoms with Crippen molar-refractivity contribution in [3.8, 4) is 0 Å². The molecule has 138 valence electrons. The Labute approximate surface area is 154 Å². The lowest BCUT2D eigenvalue weighted by molar-refractivity contribution is -0.129. The Bertz CT molecular complexity index is 820. The van der Waals surface area contributed by atoms with Gasteiger partial charge in [-0.3, -0.25) is 9.59 Å². The molecule has 2 aliphatic rings. The molecule has 1 saturated heterocycles. The highest BCUT2D eigenvalue weighted by Crippen LogP contribution is 2.24. The summed E-state index contributed by atoms with van der Waals surface area (Å²) >= 11 is 0. The number of nitrogens with zero attached hydrogens (tertiary/aromatic N) is 1. The second-order valence-corrected chi connectivity index (χ2v) is 7.84. The molecule has 1 aromatic heterocycles. The van der Waals surface area contributed by atoms with E-state index >= 15 is 0 Å². The van der Waals surface area contributed by atoms with E-state index in [1.54, 1.807) is 0 Å². The molecular weight excluding hydrogens is 326 g/mol. The van der Waals surface area contributed by atoms with E-state index in [2.05, 4.69) is 35.4 Å². The van der Waals surface area contributed by atoms with Crippen LogP contribution in [0.4, 0.5) is 0 Å². The molecule has 1 saturated carbocycles. The Morgan fingerprint density at radius 2 is 2.12 bits per heavy atom. The third-order valence-corrected chi connectivity index (χ3v) is 5.86. The fourth-order valence-electron chi connectivity index (χ4n) is 4.31. The number of aromatic nitrogens is 1. The number of benzene rings is 1. The van der Waals surface area contributed by atoms with E-state index in [0.29, 0.717) is 25.6 Å². The van der Waals surface area contributed by atoms with Gasteiger partial charge in [-0.25, -0.2) is 0 Å². The molecule has 0 bridgehead atoms. The van der Waals surface area contributed by atoms with Crippen molar-refractivity contribution in [2.24, 2.45) is 5.92 Å². The molecule has 2 aromatic rings. The van der Waals surface area contributed by atoms with Crippen LogP contribution in [0.15, 0.2) is 24.4 Å². The molecule has 2 heterocycles. The molecule has 2 N–H and O–H groups in total. The van der Waals surface area contributed by atoms with Gasteiger partial charge >= 0.3 is 0 Å². The lowest BCUT2D eigenvalue weighted by Gasteiger charge is -2.18. The lowest BCUT2D eigenvalue weighted by Crippen LogP contribution is -2.38. The van der Waals surface area contributed by atoms with E-state index in [4.69, 9.17) is 0 Å². The van der Waals surface area contributed by atoms with Crippen LogP contribution in [0.2, 0.25) is 0 Å². The molecule has 26 heavy (non-hydrogen) atoms. The van der Waals surface area contributed by atoms with E-state index in [9.17, 15) is 9.59 Å². The van der Waals surface area contributed by atoms with E-state index in [1.165, 1.54) is 29.4 Å². The number of fused-ring (bicyclic) bond motifs is 1. The fourth-order valence-corrected chi connectivity index (χ4v) is 4.31. The summed E-state index contributed by atoms with van der Waals surface area (Å²) in [6, 6.07) is 6.70. The van der Waals surface area contributed by atoms with Gasteiger partial charge in [0.2, 0.25) is 11.8 Å². The molecular formula is C21H27N3O2. The molecule has 0 spiro atoms. The number of hydrogen-bond acceptors (Lipinski definition) is 2. The summed E-state index contributed by atoms with van der Waals surface area (Å²) in [5.74, 6) is -0.0172. The van der Waals surface area contributed by atoms with Gasteiger partial charge in [-0.2, -0.15) is 0 Å². The number of amides is 2. The molecule has 1 aromatic carbocycles. The van der Waals surface area contributed by atoms with Crippen LogP contribution in [-0.2, 0) is 16.0 Å². The van der Waals surface area contributed by atoms with Gasteiger partial charge in [0.05, 0.1) is 5.92 Å². The Morgan fingerprint density at radius 3 is 2.92 bits per heavy atom. The van der Waals surface area contributed by atoms with Gasteiger partial charge in [-0.1, -0.05) is 24.5 Å². The molecule has 4 rings (SSSR count). The van der Waals surface area contributed by atoms with Gasteiger partial charge in [0.25, 0.3) is 0 Å². The normalized spacial score (nSPS) is 21.0. The zero-order chi connectivity index (χ0) is 18.1. The molecule has 2 fully saturated rings. The highest BCUT2D eigenvalue weighted by molar-refractivity contribution is 5.89. The molecule has 2 amide bonds. The van der Waals surface area contributed by atoms with Crippen molar-refractivity contribution in [3.05, 3.63) is 35.5 Å². The van der Waals surface area contributed by atoms with Crippen molar-refractivity contribution in [2.75, 3.05) is 13.1 Å². The standard InChI is InChI=1S/C21H27N3O2/c1-14-6-7-19-18(10-14)15(12-22-19)8-9-24-13-16(11-20(24)25)21(26)23-17-4-2-3-5-17/h6-7,10,12,16-17,22H,2-5,8-9,11,13H2,1H3,(H,23,26)/t16-/m0/s1. The summed E-state index contributed by atoms with van der Waals surface area (Å²) in [6.45, 7) is 3.32. The van der Waals surface area contributed by atoms with Crippen molar-refractivity contribution in [1.29, 1.82) is 0 Å². The highest BCUT2D eigenvalue weighted by atomic mass is 16.2. The molecule has 1 aliphatic heterocycles.